The Morgan fingerprint density at radius 2 is 2.09 bits per heavy atom. The minimum atomic E-state index is -0.144. The number of nitrogens with zero attached hydrogens (tertiary/aromatic N) is 2. The van der Waals surface area contributed by atoms with Gasteiger partial charge in [0.1, 0.15) is 0 Å². The van der Waals surface area contributed by atoms with Gasteiger partial charge in [0, 0.05) is 19.0 Å². The Labute approximate surface area is 132 Å². The first-order valence-electron chi connectivity index (χ1n) is 7.83. The van der Waals surface area contributed by atoms with E-state index in [2.05, 4.69) is 49.1 Å². The molecular formula is C18H24N2O2. The lowest BCUT2D eigenvalue weighted by atomic mass is 9.80. The number of hydrogen-bond acceptors (Lipinski definition) is 4. The van der Waals surface area contributed by atoms with Gasteiger partial charge in [-0.2, -0.15) is 5.26 Å². The third-order valence-electron chi connectivity index (χ3n) is 4.53. The molecule has 1 saturated heterocycles. The zero-order valence-electron chi connectivity index (χ0n) is 13.6. The van der Waals surface area contributed by atoms with Gasteiger partial charge in [0.2, 0.25) is 0 Å². The molecule has 4 nitrogen and oxygen atoms in total. The zero-order chi connectivity index (χ0) is 16.1. The summed E-state index contributed by atoms with van der Waals surface area (Å²) in [6.07, 6.45) is 0.741. The topological polar surface area (TPSA) is 53.3 Å². The van der Waals surface area contributed by atoms with E-state index >= 15 is 0 Å². The van der Waals surface area contributed by atoms with Crippen LogP contribution in [0.5, 0.6) is 0 Å². The second kappa shape index (κ2) is 7.42. The molecule has 118 valence electrons. The number of piperidine rings is 1. The molecule has 1 aliphatic rings. The molecule has 2 unspecified atom stereocenters. The number of nitriles is 1. The largest absolute Gasteiger partial charge is 0.469 e. The molecule has 0 aromatic heterocycles. The van der Waals surface area contributed by atoms with Gasteiger partial charge in [-0.05, 0) is 23.5 Å². The molecule has 1 aromatic carbocycles. The summed E-state index contributed by atoms with van der Waals surface area (Å²) in [6, 6.07) is 10.7. The van der Waals surface area contributed by atoms with Crippen molar-refractivity contribution < 1.29 is 9.53 Å². The van der Waals surface area contributed by atoms with Crippen molar-refractivity contribution in [3.8, 4) is 6.07 Å². The van der Waals surface area contributed by atoms with E-state index in [0.717, 1.165) is 25.1 Å². The predicted molar refractivity (Wildman–Crippen MR) is 85.4 cm³/mol. The standard InChI is InChI=1S/C18H24N2O2/c1-13(2)14-4-6-15(7-5-14)17-12-20(11-9-19)10-8-16(17)18(21)22-3/h4-7,13,16-17H,8,10-12H2,1-3H3. The van der Waals surface area contributed by atoms with E-state index in [1.165, 1.54) is 12.7 Å². The Balaban J connectivity index is 2.24. The number of esters is 1. The van der Waals surface area contributed by atoms with Crippen molar-refractivity contribution in [3.63, 3.8) is 0 Å². The van der Waals surface area contributed by atoms with Gasteiger partial charge in [0.15, 0.2) is 0 Å². The number of likely N-dealkylation sites (tertiary alicyclic amines) is 1. The maximum atomic E-state index is 12.1. The number of hydrogen-bond donors (Lipinski definition) is 0. The fourth-order valence-electron chi connectivity index (χ4n) is 3.16. The average Bonchev–Trinajstić information content (AvgIpc) is 2.54. The van der Waals surface area contributed by atoms with Crippen LogP contribution in [0.15, 0.2) is 24.3 Å². The molecule has 0 radical (unpaired) electrons. The first-order chi connectivity index (χ1) is 10.6. The lowest BCUT2D eigenvalue weighted by Crippen LogP contribution is -2.42. The summed E-state index contributed by atoms with van der Waals surface area (Å²) < 4.78 is 4.98. The smallest absolute Gasteiger partial charge is 0.309 e. The van der Waals surface area contributed by atoms with Gasteiger partial charge in [-0.25, -0.2) is 0 Å². The van der Waals surface area contributed by atoms with Crippen LogP contribution in [0.1, 0.15) is 43.2 Å². The van der Waals surface area contributed by atoms with Crippen LogP contribution < -0.4 is 0 Å². The molecule has 4 heteroatoms. The normalized spacial score (nSPS) is 22.3. The van der Waals surface area contributed by atoms with Gasteiger partial charge in [0.05, 0.1) is 25.6 Å². The van der Waals surface area contributed by atoms with Crippen molar-refractivity contribution in [1.82, 2.24) is 4.90 Å². The minimum absolute atomic E-state index is 0.0933. The summed E-state index contributed by atoms with van der Waals surface area (Å²) in [4.78, 5) is 14.2. The highest BCUT2D eigenvalue weighted by molar-refractivity contribution is 5.73. The maximum absolute atomic E-state index is 12.1. The Kier molecular flexibility index (Phi) is 5.57. The summed E-state index contributed by atoms with van der Waals surface area (Å²) in [5, 5.41) is 8.91. The number of carbonyl (C=O) groups excluding carboxylic acids is 1. The molecule has 2 rings (SSSR count). The van der Waals surface area contributed by atoms with Crippen molar-refractivity contribution >= 4 is 5.97 Å². The number of ether oxygens (including phenoxy) is 1. The van der Waals surface area contributed by atoms with Gasteiger partial charge >= 0.3 is 5.97 Å². The fraction of sp³-hybridized carbons (Fsp3) is 0.556. The molecule has 0 N–H and O–H groups in total. The van der Waals surface area contributed by atoms with Crippen LogP contribution in [-0.4, -0.2) is 37.6 Å². The van der Waals surface area contributed by atoms with E-state index in [4.69, 9.17) is 10.00 Å². The van der Waals surface area contributed by atoms with Crippen LogP contribution >= 0.6 is 0 Å². The summed E-state index contributed by atoms with van der Waals surface area (Å²) >= 11 is 0. The van der Waals surface area contributed by atoms with Crippen LogP contribution in [0.2, 0.25) is 0 Å². The lowest BCUT2D eigenvalue weighted by molar-refractivity contribution is -0.147. The lowest BCUT2D eigenvalue weighted by Gasteiger charge is -2.36. The Morgan fingerprint density at radius 1 is 1.41 bits per heavy atom. The second-order valence-electron chi connectivity index (χ2n) is 6.24. The number of rotatable bonds is 4. The first-order valence-corrected chi connectivity index (χ1v) is 7.83. The molecule has 2 atom stereocenters. The molecule has 22 heavy (non-hydrogen) atoms. The molecule has 0 saturated carbocycles. The Morgan fingerprint density at radius 3 is 2.64 bits per heavy atom. The van der Waals surface area contributed by atoms with Crippen LogP contribution in [0.3, 0.4) is 0 Å². The van der Waals surface area contributed by atoms with Crippen molar-refractivity contribution in [1.29, 1.82) is 5.26 Å². The van der Waals surface area contributed by atoms with Gasteiger partial charge in [-0.3, -0.25) is 9.69 Å². The Bertz CT molecular complexity index is 545. The van der Waals surface area contributed by atoms with Crippen LogP contribution in [0, 0.1) is 17.2 Å². The van der Waals surface area contributed by atoms with Crippen LogP contribution in [0.25, 0.3) is 0 Å². The summed E-state index contributed by atoms with van der Waals surface area (Å²) in [7, 11) is 1.45. The second-order valence-corrected chi connectivity index (χ2v) is 6.24. The fourth-order valence-corrected chi connectivity index (χ4v) is 3.16. The van der Waals surface area contributed by atoms with E-state index in [0.29, 0.717) is 12.5 Å². The highest BCUT2D eigenvalue weighted by Gasteiger charge is 2.35. The van der Waals surface area contributed by atoms with E-state index in [9.17, 15) is 4.79 Å². The maximum Gasteiger partial charge on any atom is 0.309 e. The summed E-state index contributed by atoms with van der Waals surface area (Å²) in [6.45, 7) is 6.25. The van der Waals surface area contributed by atoms with Crippen molar-refractivity contribution in [2.45, 2.75) is 32.1 Å². The number of methoxy groups -OCH3 is 1. The highest BCUT2D eigenvalue weighted by Crippen LogP contribution is 2.33. The Hall–Kier alpha value is -1.86. The molecule has 0 spiro atoms. The van der Waals surface area contributed by atoms with Crippen molar-refractivity contribution in [2.75, 3.05) is 26.7 Å². The van der Waals surface area contributed by atoms with Crippen molar-refractivity contribution in [2.24, 2.45) is 5.92 Å². The summed E-state index contributed by atoms with van der Waals surface area (Å²) in [5.74, 6) is 0.321. The molecule has 0 aliphatic carbocycles. The van der Waals surface area contributed by atoms with E-state index in [1.807, 2.05) is 0 Å². The molecule has 1 fully saturated rings. The van der Waals surface area contributed by atoms with Gasteiger partial charge < -0.3 is 4.74 Å². The predicted octanol–water partition coefficient (Wildman–Crippen LogP) is 2.91. The van der Waals surface area contributed by atoms with Gasteiger partial charge in [-0.1, -0.05) is 38.1 Å². The number of benzene rings is 1. The van der Waals surface area contributed by atoms with E-state index in [-0.39, 0.29) is 17.8 Å². The molecule has 0 amide bonds. The third-order valence-corrected chi connectivity index (χ3v) is 4.53. The highest BCUT2D eigenvalue weighted by atomic mass is 16.5. The van der Waals surface area contributed by atoms with Gasteiger partial charge in [0.25, 0.3) is 0 Å². The molecule has 1 aliphatic heterocycles. The minimum Gasteiger partial charge on any atom is -0.469 e. The summed E-state index contributed by atoms with van der Waals surface area (Å²) in [5.41, 5.74) is 2.45. The molecule has 1 aromatic rings. The SMILES string of the molecule is COC(=O)C1CCN(CC#N)CC1c1ccc(C(C)C)cc1. The third kappa shape index (κ3) is 3.66. The van der Waals surface area contributed by atoms with E-state index in [1.54, 1.807) is 0 Å². The van der Waals surface area contributed by atoms with Crippen LogP contribution in [-0.2, 0) is 9.53 Å². The quantitative estimate of drug-likeness (QED) is 0.634. The molecular weight excluding hydrogens is 276 g/mol. The monoisotopic (exact) mass is 300 g/mol. The average molecular weight is 300 g/mol. The zero-order valence-corrected chi connectivity index (χ0v) is 13.6. The van der Waals surface area contributed by atoms with E-state index < -0.39 is 0 Å². The van der Waals surface area contributed by atoms with Crippen molar-refractivity contribution in [3.05, 3.63) is 35.4 Å². The van der Waals surface area contributed by atoms with Crippen LogP contribution in [0.4, 0.5) is 0 Å². The first kappa shape index (κ1) is 16.5. The molecule has 0 bridgehead atoms. The van der Waals surface area contributed by atoms with Gasteiger partial charge in [-0.15, -0.1) is 0 Å². The molecule has 1 heterocycles. The number of carbonyl (C=O) groups is 1.